The van der Waals surface area contributed by atoms with Gasteiger partial charge in [-0.25, -0.2) is 0 Å². The predicted octanol–water partition coefficient (Wildman–Crippen LogP) is 3.91. The number of carbonyl (C=O) groups excluding carboxylic acids is 2. The largest absolute Gasteiger partial charge is 0.417 e. The van der Waals surface area contributed by atoms with Gasteiger partial charge in [0.15, 0.2) is 4.77 Å². The number of alkyl halides is 3. The normalized spacial score (nSPS) is 15.4. The number of benzene rings is 1. The molecule has 0 saturated heterocycles. The van der Waals surface area contributed by atoms with Gasteiger partial charge in [0.05, 0.1) is 22.8 Å². The van der Waals surface area contributed by atoms with Crippen LogP contribution in [0.2, 0.25) is 5.02 Å². The van der Waals surface area contributed by atoms with Gasteiger partial charge in [0.25, 0.3) is 17.4 Å². The highest BCUT2D eigenvalue weighted by Crippen LogP contribution is 2.35. The van der Waals surface area contributed by atoms with E-state index in [1.165, 1.54) is 40.9 Å². The topological polar surface area (TPSA) is 100 Å². The third-order valence-corrected chi connectivity index (χ3v) is 6.50. The second-order valence-electron chi connectivity index (χ2n) is 8.18. The third-order valence-electron chi connectivity index (χ3n) is 5.89. The van der Waals surface area contributed by atoms with E-state index in [1.807, 2.05) is 0 Å². The molecular weight excluding hydrogens is 519 g/mol. The number of aromatic amines is 1. The van der Waals surface area contributed by atoms with Gasteiger partial charge >= 0.3 is 6.18 Å². The van der Waals surface area contributed by atoms with Gasteiger partial charge in [0, 0.05) is 36.1 Å². The van der Waals surface area contributed by atoms with Crippen molar-refractivity contribution in [2.75, 3.05) is 7.05 Å². The zero-order valence-corrected chi connectivity index (χ0v) is 20.5. The Balaban J connectivity index is 1.71. The van der Waals surface area contributed by atoms with E-state index in [0.717, 1.165) is 12.1 Å². The van der Waals surface area contributed by atoms with Gasteiger partial charge in [-0.15, -0.1) is 0 Å². The Morgan fingerprint density at radius 3 is 2.64 bits per heavy atom. The van der Waals surface area contributed by atoms with Crippen LogP contribution in [-0.4, -0.2) is 44.3 Å². The lowest BCUT2D eigenvalue weighted by molar-refractivity contribution is -0.137. The zero-order valence-electron chi connectivity index (χ0n) is 18.9. The Morgan fingerprint density at radius 2 is 1.97 bits per heavy atom. The summed E-state index contributed by atoms with van der Waals surface area (Å²) in [6, 6.07) is 5.45. The van der Waals surface area contributed by atoms with Crippen LogP contribution >= 0.6 is 23.8 Å². The van der Waals surface area contributed by atoms with Crippen LogP contribution in [0, 0.1) is 4.77 Å². The zero-order chi connectivity index (χ0) is 26.4. The molecule has 8 nitrogen and oxygen atoms in total. The molecule has 36 heavy (non-hydrogen) atoms. The molecular formula is C23H19ClF3N5O3S. The van der Waals surface area contributed by atoms with Gasteiger partial charge in [-0.3, -0.25) is 23.9 Å². The number of hydrogen-bond acceptors (Lipinski definition) is 5. The maximum atomic E-state index is 13.4. The average molecular weight is 538 g/mol. The summed E-state index contributed by atoms with van der Waals surface area (Å²) < 4.78 is 41.1. The van der Waals surface area contributed by atoms with Crippen molar-refractivity contribution < 1.29 is 22.8 Å². The fourth-order valence-electron chi connectivity index (χ4n) is 4.05. The van der Waals surface area contributed by atoms with E-state index in [2.05, 4.69) is 15.3 Å². The molecule has 13 heteroatoms. The molecule has 2 aromatic heterocycles. The van der Waals surface area contributed by atoms with Gasteiger partial charge < -0.3 is 15.2 Å². The minimum absolute atomic E-state index is 0.0283. The lowest BCUT2D eigenvalue weighted by atomic mass is 9.98. The van der Waals surface area contributed by atoms with E-state index in [-0.39, 0.29) is 29.0 Å². The van der Waals surface area contributed by atoms with Crippen molar-refractivity contribution in [2.45, 2.75) is 32.1 Å². The van der Waals surface area contributed by atoms with Crippen molar-refractivity contribution in [2.24, 2.45) is 0 Å². The monoisotopic (exact) mass is 537 g/mol. The Morgan fingerprint density at radius 1 is 1.25 bits per heavy atom. The van der Waals surface area contributed by atoms with Gasteiger partial charge in [-0.1, -0.05) is 11.6 Å². The number of halogens is 4. The molecule has 2 amide bonds. The molecule has 1 aliphatic heterocycles. The fraction of sp³-hybridized carbons (Fsp3) is 0.261. The van der Waals surface area contributed by atoms with Gasteiger partial charge in [-0.2, -0.15) is 13.2 Å². The van der Waals surface area contributed by atoms with E-state index in [0.29, 0.717) is 16.9 Å². The number of carbonyl (C=O) groups is 2. The molecule has 0 aliphatic carbocycles. The molecule has 0 unspecified atom stereocenters. The highest BCUT2D eigenvalue weighted by molar-refractivity contribution is 7.71. The third kappa shape index (κ3) is 4.65. The van der Waals surface area contributed by atoms with Crippen molar-refractivity contribution in [3.8, 4) is 5.69 Å². The van der Waals surface area contributed by atoms with Crippen LogP contribution in [0.15, 0.2) is 41.3 Å². The summed E-state index contributed by atoms with van der Waals surface area (Å²) in [5.74, 6) is -1.07. The first-order valence-corrected chi connectivity index (χ1v) is 11.4. The molecule has 4 rings (SSSR count). The predicted molar refractivity (Wildman–Crippen MR) is 128 cm³/mol. The molecule has 1 aliphatic rings. The number of H-pyrrole nitrogens is 1. The Hall–Kier alpha value is -3.51. The fourth-order valence-corrected chi connectivity index (χ4v) is 4.59. The van der Waals surface area contributed by atoms with Crippen molar-refractivity contribution >= 4 is 35.6 Å². The molecule has 188 valence electrons. The number of nitrogens with zero attached hydrogens (tertiary/aromatic N) is 3. The van der Waals surface area contributed by atoms with Gasteiger partial charge in [0.2, 0.25) is 0 Å². The van der Waals surface area contributed by atoms with E-state index in [9.17, 15) is 27.6 Å². The van der Waals surface area contributed by atoms with Gasteiger partial charge in [-0.05, 0) is 55.9 Å². The first-order valence-electron chi connectivity index (χ1n) is 10.7. The molecule has 1 aromatic carbocycles. The van der Waals surface area contributed by atoms with Crippen LogP contribution in [-0.2, 0) is 19.1 Å². The number of aromatic nitrogens is 3. The molecule has 0 saturated carbocycles. The standard InChI is InChI=1S/C23H19ClF3N5O3S/c1-11-7-14-18(10-31(11)20(34)12-3-4-16(24)15(8-12)23(25,26)27)30-22(36)32(21(14)35)13-5-6-29-17(9-13)19(33)28-2/h3-6,8-9,11H,7,10H2,1-2H3,(H,28,33)(H,30,36)/t11-/m1/s1. The van der Waals surface area contributed by atoms with Crippen LogP contribution in [0.5, 0.6) is 0 Å². The molecule has 0 fully saturated rings. The van der Waals surface area contributed by atoms with Crippen LogP contribution in [0.1, 0.15) is 44.6 Å². The molecule has 2 N–H and O–H groups in total. The second-order valence-corrected chi connectivity index (χ2v) is 8.98. The molecule has 3 aromatic rings. The number of pyridine rings is 1. The smallest absolute Gasteiger partial charge is 0.354 e. The van der Waals surface area contributed by atoms with E-state index >= 15 is 0 Å². The molecule has 0 radical (unpaired) electrons. The van der Waals surface area contributed by atoms with Crippen LogP contribution in [0.3, 0.4) is 0 Å². The maximum absolute atomic E-state index is 13.4. The molecule has 1 atom stereocenters. The highest BCUT2D eigenvalue weighted by atomic mass is 35.5. The minimum Gasteiger partial charge on any atom is -0.354 e. The summed E-state index contributed by atoms with van der Waals surface area (Å²) in [4.78, 5) is 46.8. The summed E-state index contributed by atoms with van der Waals surface area (Å²) in [5.41, 5.74) is -0.496. The van der Waals surface area contributed by atoms with Crippen LogP contribution in [0.25, 0.3) is 5.69 Å². The maximum Gasteiger partial charge on any atom is 0.417 e. The first-order chi connectivity index (χ1) is 16.9. The van der Waals surface area contributed by atoms with E-state index < -0.39 is 40.2 Å². The summed E-state index contributed by atoms with van der Waals surface area (Å²) >= 11 is 11.1. The number of rotatable bonds is 3. The Labute approximate surface area is 212 Å². The Bertz CT molecular complexity index is 1500. The molecule has 0 spiro atoms. The summed E-state index contributed by atoms with van der Waals surface area (Å²) in [6.07, 6.45) is -3.20. The number of fused-ring (bicyclic) bond motifs is 1. The van der Waals surface area contributed by atoms with E-state index in [1.54, 1.807) is 6.92 Å². The van der Waals surface area contributed by atoms with Crippen LogP contribution in [0.4, 0.5) is 13.2 Å². The van der Waals surface area contributed by atoms with Crippen molar-refractivity contribution in [1.29, 1.82) is 0 Å². The highest BCUT2D eigenvalue weighted by Gasteiger charge is 2.35. The average Bonchev–Trinajstić information content (AvgIpc) is 2.83. The quantitative estimate of drug-likeness (QED) is 0.494. The summed E-state index contributed by atoms with van der Waals surface area (Å²) in [5, 5.41) is 1.96. The van der Waals surface area contributed by atoms with E-state index in [4.69, 9.17) is 23.8 Å². The lowest BCUT2D eigenvalue weighted by Crippen LogP contribution is -2.45. The first kappa shape index (κ1) is 25.6. The number of nitrogens with one attached hydrogen (secondary N) is 2. The van der Waals surface area contributed by atoms with Crippen molar-refractivity contribution in [1.82, 2.24) is 24.8 Å². The lowest BCUT2D eigenvalue weighted by Gasteiger charge is -2.34. The summed E-state index contributed by atoms with van der Waals surface area (Å²) in [6.45, 7) is 1.64. The van der Waals surface area contributed by atoms with Gasteiger partial charge in [0.1, 0.15) is 5.69 Å². The second kappa shape index (κ2) is 9.51. The summed E-state index contributed by atoms with van der Waals surface area (Å²) in [7, 11) is 1.45. The number of amides is 2. The Kier molecular flexibility index (Phi) is 6.76. The van der Waals surface area contributed by atoms with Crippen molar-refractivity contribution in [3.63, 3.8) is 0 Å². The van der Waals surface area contributed by atoms with Crippen molar-refractivity contribution in [3.05, 3.63) is 84.8 Å². The SMILES string of the molecule is CNC(=O)c1cc(-n2c(=S)[nH]c3c(c2=O)C[C@@H](C)N(C(=O)c2ccc(Cl)c(C(F)(F)F)c2)C3)ccn1. The molecule has 3 heterocycles. The molecule has 0 bridgehead atoms. The number of hydrogen-bond donors (Lipinski definition) is 2. The minimum atomic E-state index is -4.71. The van der Waals surface area contributed by atoms with Crippen LogP contribution < -0.4 is 10.9 Å².